The predicted molar refractivity (Wildman–Crippen MR) is 107 cm³/mol. The summed E-state index contributed by atoms with van der Waals surface area (Å²) in [4.78, 5) is 40.6. The van der Waals surface area contributed by atoms with Crippen molar-refractivity contribution in [3.8, 4) is 10.6 Å². The van der Waals surface area contributed by atoms with E-state index >= 15 is 0 Å². The predicted octanol–water partition coefficient (Wildman–Crippen LogP) is 2.22. The number of anilines is 1. The number of amides is 2. The number of nitrogens with one attached hydrogen (secondary N) is 2. The Balaban J connectivity index is 2.09. The molecular formula is C19H20N4O4S. The zero-order valence-electron chi connectivity index (χ0n) is 15.6. The standard InChI is InChI=1S/C19H20N4O4S/c1-4-13(16(24)22-14(5-2)19(26)27-3)21-17(25)15-10-28-18(23-15)11-6-8-12(20)9-7-11/h4-10H,20H2,1-3H3,(H,21,25)(H,22,24)/b13-4-,14-5+. The van der Waals surface area contributed by atoms with Gasteiger partial charge in [0.2, 0.25) is 0 Å². The molecule has 9 heteroatoms. The minimum Gasteiger partial charge on any atom is -0.464 e. The quantitative estimate of drug-likeness (QED) is 0.388. The number of carbonyl (C=O) groups is 3. The highest BCUT2D eigenvalue weighted by Gasteiger charge is 2.19. The van der Waals surface area contributed by atoms with Crippen LogP contribution in [-0.4, -0.2) is 29.9 Å². The van der Waals surface area contributed by atoms with Crippen molar-refractivity contribution in [1.82, 2.24) is 15.6 Å². The lowest BCUT2D eigenvalue weighted by Gasteiger charge is -2.10. The van der Waals surface area contributed by atoms with E-state index in [1.54, 1.807) is 31.4 Å². The maximum absolute atomic E-state index is 12.4. The van der Waals surface area contributed by atoms with Gasteiger partial charge in [0.15, 0.2) is 0 Å². The molecular weight excluding hydrogens is 380 g/mol. The molecule has 0 spiro atoms. The molecule has 0 aliphatic heterocycles. The molecule has 0 aliphatic carbocycles. The number of ether oxygens (including phenoxy) is 1. The van der Waals surface area contributed by atoms with Gasteiger partial charge < -0.3 is 21.1 Å². The summed E-state index contributed by atoms with van der Waals surface area (Å²) < 4.78 is 4.57. The Morgan fingerprint density at radius 1 is 1.07 bits per heavy atom. The van der Waals surface area contributed by atoms with Gasteiger partial charge in [-0.25, -0.2) is 9.78 Å². The van der Waals surface area contributed by atoms with Gasteiger partial charge in [0.1, 0.15) is 22.1 Å². The monoisotopic (exact) mass is 400 g/mol. The summed E-state index contributed by atoms with van der Waals surface area (Å²) in [5.41, 5.74) is 7.26. The Morgan fingerprint density at radius 3 is 2.29 bits per heavy atom. The Morgan fingerprint density at radius 2 is 1.71 bits per heavy atom. The SMILES string of the molecule is C/C=C(\NC(=O)c1csc(-c2ccc(N)cc2)n1)C(=O)N/C(=C/C)C(=O)OC. The molecule has 0 saturated heterocycles. The first-order chi connectivity index (χ1) is 13.4. The lowest BCUT2D eigenvalue weighted by Crippen LogP contribution is -2.36. The highest BCUT2D eigenvalue weighted by atomic mass is 32.1. The van der Waals surface area contributed by atoms with Crippen molar-refractivity contribution in [1.29, 1.82) is 0 Å². The third-order valence-corrected chi connectivity index (χ3v) is 4.51. The van der Waals surface area contributed by atoms with E-state index in [0.717, 1.165) is 5.56 Å². The van der Waals surface area contributed by atoms with E-state index in [9.17, 15) is 14.4 Å². The molecule has 8 nitrogen and oxygen atoms in total. The average Bonchev–Trinajstić information content (AvgIpc) is 3.20. The molecule has 2 rings (SSSR count). The largest absolute Gasteiger partial charge is 0.464 e. The Bertz CT molecular complexity index is 945. The molecule has 1 aromatic carbocycles. The first kappa shape index (κ1) is 20.8. The number of hydrogen-bond acceptors (Lipinski definition) is 7. The van der Waals surface area contributed by atoms with Crippen molar-refractivity contribution < 1.29 is 19.1 Å². The van der Waals surface area contributed by atoms with Gasteiger partial charge >= 0.3 is 5.97 Å². The molecule has 1 heterocycles. The van der Waals surface area contributed by atoms with E-state index in [0.29, 0.717) is 10.7 Å². The topological polar surface area (TPSA) is 123 Å². The molecule has 2 amide bonds. The van der Waals surface area contributed by atoms with Gasteiger partial charge in [0.05, 0.1) is 7.11 Å². The highest BCUT2D eigenvalue weighted by molar-refractivity contribution is 7.13. The van der Waals surface area contributed by atoms with Crippen LogP contribution in [0.5, 0.6) is 0 Å². The molecule has 28 heavy (non-hydrogen) atoms. The molecule has 146 valence electrons. The minimum atomic E-state index is -0.690. The molecule has 0 unspecified atom stereocenters. The number of nitrogen functional groups attached to an aromatic ring is 1. The average molecular weight is 400 g/mol. The van der Waals surface area contributed by atoms with E-state index in [1.165, 1.54) is 30.6 Å². The molecule has 0 atom stereocenters. The van der Waals surface area contributed by atoms with Crippen LogP contribution in [-0.2, 0) is 14.3 Å². The first-order valence-electron chi connectivity index (χ1n) is 8.24. The van der Waals surface area contributed by atoms with Gasteiger partial charge in [-0.15, -0.1) is 11.3 Å². The van der Waals surface area contributed by atoms with Gasteiger partial charge in [-0.1, -0.05) is 12.2 Å². The summed E-state index contributed by atoms with van der Waals surface area (Å²) in [6.07, 6.45) is 2.82. The fourth-order valence-electron chi connectivity index (χ4n) is 2.12. The molecule has 0 radical (unpaired) electrons. The summed E-state index contributed by atoms with van der Waals surface area (Å²) in [7, 11) is 1.21. The Hall–Kier alpha value is -3.46. The summed E-state index contributed by atoms with van der Waals surface area (Å²) in [6, 6.07) is 7.12. The van der Waals surface area contributed by atoms with Gasteiger partial charge in [0.25, 0.3) is 11.8 Å². The lowest BCUT2D eigenvalue weighted by atomic mass is 10.2. The molecule has 1 aromatic heterocycles. The normalized spacial score (nSPS) is 11.7. The number of hydrogen-bond donors (Lipinski definition) is 3. The van der Waals surface area contributed by atoms with Crippen LogP contribution in [0.4, 0.5) is 5.69 Å². The zero-order chi connectivity index (χ0) is 20.7. The fraction of sp³-hybridized carbons (Fsp3) is 0.158. The van der Waals surface area contributed by atoms with Crippen LogP contribution >= 0.6 is 11.3 Å². The number of methoxy groups -OCH3 is 1. The van der Waals surface area contributed by atoms with Crippen molar-refractivity contribution in [2.75, 3.05) is 12.8 Å². The third-order valence-electron chi connectivity index (χ3n) is 3.62. The minimum absolute atomic E-state index is 0.0183. The summed E-state index contributed by atoms with van der Waals surface area (Å²) in [5.74, 6) is -1.88. The van der Waals surface area contributed by atoms with Gasteiger partial charge in [0, 0.05) is 16.6 Å². The molecule has 2 aromatic rings. The van der Waals surface area contributed by atoms with Crippen molar-refractivity contribution in [3.63, 3.8) is 0 Å². The number of aromatic nitrogens is 1. The van der Waals surface area contributed by atoms with E-state index in [2.05, 4.69) is 20.4 Å². The van der Waals surface area contributed by atoms with Crippen molar-refractivity contribution in [3.05, 3.63) is 58.9 Å². The van der Waals surface area contributed by atoms with E-state index in [4.69, 9.17) is 5.73 Å². The van der Waals surface area contributed by atoms with Crippen LogP contribution in [0.25, 0.3) is 10.6 Å². The van der Waals surface area contributed by atoms with Crippen LogP contribution in [0, 0.1) is 0 Å². The van der Waals surface area contributed by atoms with Crippen LogP contribution in [0.15, 0.2) is 53.2 Å². The number of rotatable bonds is 6. The highest BCUT2D eigenvalue weighted by Crippen LogP contribution is 2.24. The van der Waals surface area contributed by atoms with E-state index in [1.807, 2.05) is 12.1 Å². The number of carbonyl (C=O) groups excluding carboxylic acids is 3. The number of esters is 1. The van der Waals surface area contributed by atoms with Crippen LogP contribution in [0.3, 0.4) is 0 Å². The number of thiazole rings is 1. The summed E-state index contributed by atoms with van der Waals surface area (Å²) >= 11 is 1.30. The smallest absolute Gasteiger partial charge is 0.354 e. The first-order valence-corrected chi connectivity index (χ1v) is 9.12. The zero-order valence-corrected chi connectivity index (χ0v) is 16.4. The lowest BCUT2D eigenvalue weighted by molar-refractivity contribution is -0.137. The Labute approximate surface area is 166 Å². The summed E-state index contributed by atoms with van der Waals surface area (Å²) in [6.45, 7) is 3.16. The van der Waals surface area contributed by atoms with Crippen molar-refractivity contribution in [2.24, 2.45) is 0 Å². The second-order valence-corrected chi connectivity index (χ2v) is 6.32. The molecule has 0 fully saturated rings. The molecule has 0 bridgehead atoms. The van der Waals surface area contributed by atoms with E-state index in [-0.39, 0.29) is 17.1 Å². The van der Waals surface area contributed by atoms with Crippen molar-refractivity contribution >= 4 is 34.8 Å². The second-order valence-electron chi connectivity index (χ2n) is 5.46. The van der Waals surface area contributed by atoms with Gasteiger partial charge in [-0.3, -0.25) is 9.59 Å². The fourth-order valence-corrected chi connectivity index (χ4v) is 2.93. The number of nitrogens with two attached hydrogens (primary N) is 1. The van der Waals surface area contributed by atoms with Crippen molar-refractivity contribution in [2.45, 2.75) is 13.8 Å². The maximum atomic E-state index is 12.4. The maximum Gasteiger partial charge on any atom is 0.354 e. The molecule has 4 N–H and O–H groups in total. The second kappa shape index (κ2) is 9.47. The Kier molecular flexibility index (Phi) is 7.05. The molecule has 0 saturated carbocycles. The number of allylic oxidation sites excluding steroid dienone is 2. The summed E-state index contributed by atoms with van der Waals surface area (Å²) in [5, 5.41) is 7.14. The van der Waals surface area contributed by atoms with E-state index < -0.39 is 17.8 Å². The van der Waals surface area contributed by atoms with Gasteiger partial charge in [-0.2, -0.15) is 0 Å². The van der Waals surface area contributed by atoms with Crippen LogP contribution in [0.2, 0.25) is 0 Å². The number of nitrogens with zero attached hydrogens (tertiary/aromatic N) is 1. The van der Waals surface area contributed by atoms with Gasteiger partial charge in [-0.05, 0) is 38.1 Å². The van der Waals surface area contributed by atoms with Crippen LogP contribution in [0.1, 0.15) is 24.3 Å². The number of benzene rings is 1. The van der Waals surface area contributed by atoms with Crippen LogP contribution < -0.4 is 16.4 Å². The molecule has 0 aliphatic rings. The third kappa shape index (κ3) is 5.04.